The van der Waals surface area contributed by atoms with Gasteiger partial charge in [-0.25, -0.2) is 9.79 Å². The van der Waals surface area contributed by atoms with Crippen LogP contribution in [0, 0.1) is 0 Å². The molecule has 2 N–H and O–H groups in total. The second kappa shape index (κ2) is 11.0. The molecule has 5 rings (SSSR count). The summed E-state index contributed by atoms with van der Waals surface area (Å²) in [5.41, 5.74) is 1.58. The summed E-state index contributed by atoms with van der Waals surface area (Å²) in [6.45, 7) is 9.74. The Hall–Kier alpha value is -3.17. The van der Waals surface area contributed by atoms with Gasteiger partial charge in [0, 0.05) is 29.8 Å². The van der Waals surface area contributed by atoms with E-state index in [0.717, 1.165) is 11.4 Å². The molecule has 2 aromatic rings. The van der Waals surface area contributed by atoms with Crippen molar-refractivity contribution in [2.24, 2.45) is 4.99 Å². The van der Waals surface area contributed by atoms with Gasteiger partial charge in [0.05, 0.1) is 40.7 Å². The van der Waals surface area contributed by atoms with Crippen molar-refractivity contribution < 1.29 is 19.1 Å². The number of guanidine groups is 1. The first kappa shape index (κ1) is 28.4. The Bertz CT molecular complexity index is 1300. The van der Waals surface area contributed by atoms with E-state index in [1.807, 2.05) is 50.4 Å². The van der Waals surface area contributed by atoms with Gasteiger partial charge in [0.1, 0.15) is 5.60 Å². The van der Waals surface area contributed by atoms with Crippen molar-refractivity contribution in [3.8, 4) is 0 Å². The van der Waals surface area contributed by atoms with Gasteiger partial charge in [-0.05, 0) is 78.5 Å². The summed E-state index contributed by atoms with van der Waals surface area (Å²) in [4.78, 5) is 37.8. The lowest BCUT2D eigenvalue weighted by Gasteiger charge is -2.42. The van der Waals surface area contributed by atoms with Crippen LogP contribution in [0.15, 0.2) is 41.5 Å². The summed E-state index contributed by atoms with van der Waals surface area (Å²) in [7, 11) is 0. The summed E-state index contributed by atoms with van der Waals surface area (Å²) in [5, 5.41) is 6.59. The molecule has 9 nitrogen and oxygen atoms in total. The maximum atomic E-state index is 13.8. The lowest BCUT2D eigenvalue weighted by atomic mass is 9.86. The number of hydrogen-bond donors (Lipinski definition) is 2. The van der Waals surface area contributed by atoms with Gasteiger partial charge >= 0.3 is 6.09 Å². The van der Waals surface area contributed by atoms with Crippen LogP contribution in [0.3, 0.4) is 0 Å². The van der Waals surface area contributed by atoms with Gasteiger partial charge < -0.3 is 14.8 Å². The Morgan fingerprint density at radius 1 is 1.20 bits per heavy atom. The smallest absolute Gasteiger partial charge is 0.414 e. The van der Waals surface area contributed by atoms with Crippen molar-refractivity contribution in [2.45, 2.75) is 95.9 Å². The molecule has 3 aliphatic rings. The standard InChI is InChI=1S/C30H38ClN5O4/c1-18-15-21(13-14-39-18)36-25(37)16-30(5,35-27(36)34-28(38)40-29(2,3)4)22-7-6-8-24(26(22)31)33-20-11-12-23(32-17-20)19-9-10-19/h6-8,11-12,17-19,21,33H,9-10,13-16H2,1-5H3,(H,34,35,38)/t18?,21?,30-/m0/s1. The Morgan fingerprint density at radius 3 is 2.62 bits per heavy atom. The number of hydrogen-bond acceptors (Lipinski definition) is 7. The Morgan fingerprint density at radius 2 is 1.98 bits per heavy atom. The van der Waals surface area contributed by atoms with Crippen molar-refractivity contribution >= 4 is 40.9 Å². The number of alkyl carbamates (subject to hydrolysis) is 1. The number of ether oxygens (including phenoxy) is 2. The van der Waals surface area contributed by atoms with Gasteiger partial charge in [0.25, 0.3) is 0 Å². The van der Waals surface area contributed by atoms with E-state index in [1.165, 1.54) is 12.8 Å². The number of carbonyl (C=O) groups excluding carboxylic acids is 2. The average molecular weight is 568 g/mol. The summed E-state index contributed by atoms with van der Waals surface area (Å²) in [6, 6.07) is 9.54. The largest absolute Gasteiger partial charge is 0.444 e. The van der Waals surface area contributed by atoms with Gasteiger partial charge in [-0.15, -0.1) is 0 Å². The average Bonchev–Trinajstić information content (AvgIpc) is 3.70. The maximum absolute atomic E-state index is 13.8. The van der Waals surface area contributed by atoms with E-state index in [0.29, 0.717) is 41.6 Å². The molecule has 40 heavy (non-hydrogen) atoms. The minimum Gasteiger partial charge on any atom is -0.444 e. The number of rotatable bonds is 5. The van der Waals surface area contributed by atoms with Gasteiger partial charge in [-0.2, -0.15) is 0 Å². The van der Waals surface area contributed by atoms with Crippen LogP contribution in [0.2, 0.25) is 5.02 Å². The second-order valence-electron chi connectivity index (χ2n) is 12.2. The number of halogens is 1. The zero-order valence-electron chi connectivity index (χ0n) is 23.8. The van der Waals surface area contributed by atoms with Crippen molar-refractivity contribution in [3.05, 3.63) is 52.8 Å². The number of anilines is 2. The lowest BCUT2D eigenvalue weighted by Crippen LogP contribution is -2.58. The Balaban J connectivity index is 1.46. The van der Waals surface area contributed by atoms with E-state index in [2.05, 4.69) is 15.6 Å². The molecule has 0 spiro atoms. The van der Waals surface area contributed by atoms with Crippen molar-refractivity contribution in [2.75, 3.05) is 11.9 Å². The number of benzene rings is 1. The fraction of sp³-hybridized carbons (Fsp3) is 0.533. The first-order chi connectivity index (χ1) is 18.9. The van der Waals surface area contributed by atoms with Crippen LogP contribution in [0.25, 0.3) is 0 Å². The highest BCUT2D eigenvalue weighted by Gasteiger charge is 2.44. The number of aromatic nitrogens is 1. The molecule has 2 unspecified atom stereocenters. The molecule has 1 aromatic heterocycles. The predicted octanol–water partition coefficient (Wildman–Crippen LogP) is 6.25. The predicted molar refractivity (Wildman–Crippen MR) is 155 cm³/mol. The zero-order valence-corrected chi connectivity index (χ0v) is 24.5. The molecule has 214 valence electrons. The zero-order chi connectivity index (χ0) is 28.7. The third-order valence-electron chi connectivity index (χ3n) is 7.42. The molecular formula is C30H38ClN5O4. The quantitative estimate of drug-likeness (QED) is 0.442. The number of amides is 2. The first-order valence-corrected chi connectivity index (χ1v) is 14.4. The molecule has 1 aliphatic carbocycles. The minimum atomic E-state index is -1.02. The Labute approximate surface area is 240 Å². The molecule has 2 amide bonds. The van der Waals surface area contributed by atoms with Crippen LogP contribution in [-0.4, -0.2) is 52.2 Å². The molecule has 2 aliphatic heterocycles. The topological polar surface area (TPSA) is 105 Å². The van der Waals surface area contributed by atoms with Gasteiger partial charge in [-0.1, -0.05) is 23.7 Å². The number of carbonyl (C=O) groups is 2. The molecule has 1 aromatic carbocycles. The van der Waals surface area contributed by atoms with E-state index in [1.54, 1.807) is 25.7 Å². The van der Waals surface area contributed by atoms with E-state index in [-0.39, 0.29) is 30.4 Å². The highest BCUT2D eigenvalue weighted by molar-refractivity contribution is 6.34. The van der Waals surface area contributed by atoms with Crippen LogP contribution in [-0.2, 0) is 19.8 Å². The fourth-order valence-electron chi connectivity index (χ4n) is 5.35. The number of nitrogens with zero attached hydrogens (tertiary/aromatic N) is 3. The molecule has 10 heteroatoms. The van der Waals surface area contributed by atoms with Gasteiger partial charge in [-0.3, -0.25) is 20.0 Å². The summed E-state index contributed by atoms with van der Waals surface area (Å²) >= 11 is 6.96. The second-order valence-corrected chi connectivity index (χ2v) is 12.6. The van der Waals surface area contributed by atoms with E-state index in [4.69, 9.17) is 26.1 Å². The van der Waals surface area contributed by atoms with Crippen LogP contribution in [0.5, 0.6) is 0 Å². The highest BCUT2D eigenvalue weighted by atomic mass is 35.5. The van der Waals surface area contributed by atoms with E-state index >= 15 is 0 Å². The number of nitrogens with one attached hydrogen (secondary N) is 2. The van der Waals surface area contributed by atoms with E-state index < -0.39 is 17.2 Å². The molecule has 3 heterocycles. The molecule has 1 saturated carbocycles. The molecule has 0 bridgehead atoms. The SMILES string of the molecule is CC1CC(N2C(=O)C[C@@](C)(c3cccc(Nc4ccc(C5CC5)nc4)c3Cl)N=C2NC(=O)OC(C)(C)C)CCO1. The van der Waals surface area contributed by atoms with Crippen LogP contribution >= 0.6 is 11.6 Å². The van der Waals surface area contributed by atoms with Crippen molar-refractivity contribution in [1.29, 1.82) is 0 Å². The molecule has 1 saturated heterocycles. The lowest BCUT2D eigenvalue weighted by molar-refractivity contribution is -0.133. The molecule has 0 radical (unpaired) electrons. The normalized spacial score (nSPS) is 25.3. The Kier molecular flexibility index (Phi) is 7.81. The van der Waals surface area contributed by atoms with Gasteiger partial charge in [0.2, 0.25) is 11.9 Å². The van der Waals surface area contributed by atoms with Gasteiger partial charge in [0.15, 0.2) is 0 Å². The van der Waals surface area contributed by atoms with Crippen LogP contribution in [0.4, 0.5) is 16.2 Å². The molecule has 3 atom stereocenters. The summed E-state index contributed by atoms with van der Waals surface area (Å²) in [5.74, 6) is 0.605. The van der Waals surface area contributed by atoms with E-state index in [9.17, 15) is 9.59 Å². The monoisotopic (exact) mass is 567 g/mol. The minimum absolute atomic E-state index is 0.00679. The fourth-order valence-corrected chi connectivity index (χ4v) is 5.73. The maximum Gasteiger partial charge on any atom is 0.414 e. The highest BCUT2D eigenvalue weighted by Crippen LogP contribution is 2.42. The third-order valence-corrected chi connectivity index (χ3v) is 7.83. The summed E-state index contributed by atoms with van der Waals surface area (Å²) in [6.07, 6.45) is 4.92. The number of aliphatic imine (C=N–C) groups is 1. The third kappa shape index (κ3) is 6.41. The summed E-state index contributed by atoms with van der Waals surface area (Å²) < 4.78 is 11.2. The van der Waals surface area contributed by atoms with Crippen molar-refractivity contribution in [3.63, 3.8) is 0 Å². The van der Waals surface area contributed by atoms with Crippen LogP contribution in [0.1, 0.15) is 83.9 Å². The van der Waals surface area contributed by atoms with Crippen molar-refractivity contribution in [1.82, 2.24) is 15.2 Å². The molecule has 2 fully saturated rings. The van der Waals surface area contributed by atoms with Crippen LogP contribution < -0.4 is 10.6 Å². The molecular weight excluding hydrogens is 530 g/mol. The number of pyridine rings is 1. The first-order valence-electron chi connectivity index (χ1n) is 14.0.